The first-order chi connectivity index (χ1) is 7.68. The molecule has 0 saturated heterocycles. The SMILES string of the molecule is CN(c1ccc(C(N)=S)cc1)c1nccs1. The molecular formula is C11H11N3S2. The molecule has 0 atom stereocenters. The lowest BCUT2D eigenvalue weighted by Gasteiger charge is -2.15. The zero-order valence-electron chi connectivity index (χ0n) is 8.75. The normalized spacial score (nSPS) is 10.1. The molecule has 0 amide bonds. The zero-order chi connectivity index (χ0) is 11.5. The van der Waals surface area contributed by atoms with Gasteiger partial charge in [-0.05, 0) is 24.3 Å². The Labute approximate surface area is 104 Å². The predicted octanol–water partition coefficient (Wildman–Crippen LogP) is 2.55. The van der Waals surface area contributed by atoms with Crippen molar-refractivity contribution in [3.63, 3.8) is 0 Å². The second kappa shape index (κ2) is 4.59. The molecule has 0 unspecified atom stereocenters. The lowest BCUT2D eigenvalue weighted by Crippen LogP contribution is -2.11. The second-order valence-corrected chi connectivity index (χ2v) is 4.60. The molecule has 0 radical (unpaired) electrons. The van der Waals surface area contributed by atoms with E-state index in [1.165, 1.54) is 0 Å². The maximum Gasteiger partial charge on any atom is 0.189 e. The molecular weight excluding hydrogens is 238 g/mol. The number of benzene rings is 1. The average Bonchev–Trinajstić information content (AvgIpc) is 2.81. The molecule has 0 saturated carbocycles. The van der Waals surface area contributed by atoms with E-state index in [2.05, 4.69) is 4.98 Å². The third-order valence-corrected chi connectivity index (χ3v) is 3.33. The summed E-state index contributed by atoms with van der Waals surface area (Å²) in [7, 11) is 1.98. The van der Waals surface area contributed by atoms with Crippen LogP contribution in [0.5, 0.6) is 0 Å². The van der Waals surface area contributed by atoms with E-state index in [0.717, 1.165) is 16.4 Å². The first-order valence-corrected chi connectivity index (χ1v) is 6.00. The van der Waals surface area contributed by atoms with Crippen molar-refractivity contribution < 1.29 is 0 Å². The molecule has 16 heavy (non-hydrogen) atoms. The van der Waals surface area contributed by atoms with Crippen molar-refractivity contribution in [1.82, 2.24) is 4.98 Å². The van der Waals surface area contributed by atoms with E-state index in [9.17, 15) is 0 Å². The first-order valence-electron chi connectivity index (χ1n) is 4.71. The molecule has 3 nitrogen and oxygen atoms in total. The van der Waals surface area contributed by atoms with Crippen LogP contribution in [0.1, 0.15) is 5.56 Å². The van der Waals surface area contributed by atoms with Crippen LogP contribution in [-0.4, -0.2) is 17.0 Å². The highest BCUT2D eigenvalue weighted by atomic mass is 32.1. The second-order valence-electron chi connectivity index (χ2n) is 3.28. The van der Waals surface area contributed by atoms with Crippen molar-refractivity contribution in [2.45, 2.75) is 0 Å². The van der Waals surface area contributed by atoms with Gasteiger partial charge in [0.2, 0.25) is 0 Å². The predicted molar refractivity (Wildman–Crippen MR) is 72.5 cm³/mol. The summed E-state index contributed by atoms with van der Waals surface area (Å²) in [4.78, 5) is 6.69. The van der Waals surface area contributed by atoms with E-state index in [1.54, 1.807) is 17.5 Å². The molecule has 0 bridgehead atoms. The van der Waals surface area contributed by atoms with Crippen molar-refractivity contribution in [2.75, 3.05) is 11.9 Å². The number of hydrogen-bond donors (Lipinski definition) is 1. The minimum absolute atomic E-state index is 0.420. The van der Waals surface area contributed by atoms with Gasteiger partial charge in [-0.15, -0.1) is 11.3 Å². The number of thiazole rings is 1. The lowest BCUT2D eigenvalue weighted by molar-refractivity contribution is 1.17. The Morgan fingerprint density at radius 3 is 2.56 bits per heavy atom. The number of aromatic nitrogens is 1. The van der Waals surface area contributed by atoms with Crippen molar-refractivity contribution in [3.8, 4) is 0 Å². The molecule has 1 aromatic carbocycles. The van der Waals surface area contributed by atoms with Crippen LogP contribution in [0, 0.1) is 0 Å². The van der Waals surface area contributed by atoms with E-state index in [1.807, 2.05) is 41.6 Å². The fourth-order valence-electron chi connectivity index (χ4n) is 1.34. The molecule has 2 N–H and O–H groups in total. The van der Waals surface area contributed by atoms with Gasteiger partial charge in [-0.25, -0.2) is 4.98 Å². The summed E-state index contributed by atoms with van der Waals surface area (Å²) in [6, 6.07) is 7.80. The lowest BCUT2D eigenvalue weighted by atomic mass is 10.2. The van der Waals surface area contributed by atoms with Crippen molar-refractivity contribution in [2.24, 2.45) is 5.73 Å². The minimum atomic E-state index is 0.420. The van der Waals surface area contributed by atoms with Gasteiger partial charge in [-0.3, -0.25) is 0 Å². The van der Waals surface area contributed by atoms with Crippen molar-refractivity contribution in [3.05, 3.63) is 41.4 Å². The summed E-state index contributed by atoms with van der Waals surface area (Å²) in [5.41, 5.74) is 7.49. The molecule has 0 fully saturated rings. The quantitative estimate of drug-likeness (QED) is 0.849. The van der Waals surface area contributed by atoms with Gasteiger partial charge in [0.25, 0.3) is 0 Å². The molecule has 1 heterocycles. The fraction of sp³-hybridized carbons (Fsp3) is 0.0909. The van der Waals surface area contributed by atoms with E-state index in [4.69, 9.17) is 18.0 Å². The maximum absolute atomic E-state index is 5.54. The molecule has 0 spiro atoms. The topological polar surface area (TPSA) is 42.1 Å². The molecule has 0 aliphatic carbocycles. The molecule has 0 aliphatic rings. The fourth-order valence-corrected chi connectivity index (χ4v) is 2.11. The smallest absolute Gasteiger partial charge is 0.189 e. The van der Waals surface area contributed by atoms with E-state index in [0.29, 0.717) is 4.99 Å². The van der Waals surface area contributed by atoms with Gasteiger partial charge in [0.1, 0.15) is 4.99 Å². The summed E-state index contributed by atoms with van der Waals surface area (Å²) in [6.45, 7) is 0. The number of nitrogens with zero attached hydrogens (tertiary/aromatic N) is 2. The van der Waals surface area contributed by atoms with Crippen LogP contribution in [0.4, 0.5) is 10.8 Å². The van der Waals surface area contributed by atoms with Gasteiger partial charge in [-0.1, -0.05) is 12.2 Å². The van der Waals surface area contributed by atoms with Gasteiger partial charge in [0, 0.05) is 29.9 Å². The molecule has 0 aliphatic heterocycles. The highest BCUT2D eigenvalue weighted by molar-refractivity contribution is 7.80. The van der Waals surface area contributed by atoms with Crippen LogP contribution in [0.3, 0.4) is 0 Å². The Morgan fingerprint density at radius 1 is 1.38 bits per heavy atom. The standard InChI is InChI=1S/C11H11N3S2/c1-14(11-13-6-7-16-11)9-4-2-8(3-5-9)10(12)15/h2-7H,1H3,(H2,12,15). The van der Waals surface area contributed by atoms with E-state index < -0.39 is 0 Å². The molecule has 5 heteroatoms. The third kappa shape index (κ3) is 2.20. The number of thiocarbonyl (C=S) groups is 1. The van der Waals surface area contributed by atoms with Crippen LogP contribution in [0.15, 0.2) is 35.8 Å². The van der Waals surface area contributed by atoms with Crippen LogP contribution in [0.2, 0.25) is 0 Å². The number of nitrogens with two attached hydrogens (primary N) is 1. The zero-order valence-corrected chi connectivity index (χ0v) is 10.4. The number of hydrogen-bond acceptors (Lipinski definition) is 4. The summed E-state index contributed by atoms with van der Waals surface area (Å²) >= 11 is 6.51. The highest BCUT2D eigenvalue weighted by Gasteiger charge is 2.06. The van der Waals surface area contributed by atoms with Gasteiger partial charge < -0.3 is 10.6 Å². The Kier molecular flexibility index (Phi) is 3.17. The van der Waals surface area contributed by atoms with Crippen LogP contribution >= 0.6 is 23.6 Å². The summed E-state index contributed by atoms with van der Waals surface area (Å²) in [5.74, 6) is 0. The molecule has 82 valence electrons. The summed E-state index contributed by atoms with van der Waals surface area (Å²) < 4.78 is 0. The Hall–Kier alpha value is -1.46. The Morgan fingerprint density at radius 2 is 2.06 bits per heavy atom. The summed E-state index contributed by atoms with van der Waals surface area (Å²) in [5, 5.41) is 2.91. The third-order valence-electron chi connectivity index (χ3n) is 2.25. The summed E-state index contributed by atoms with van der Waals surface area (Å²) in [6.07, 6.45) is 1.79. The van der Waals surface area contributed by atoms with E-state index >= 15 is 0 Å². The van der Waals surface area contributed by atoms with Crippen LogP contribution in [-0.2, 0) is 0 Å². The average molecular weight is 249 g/mol. The molecule has 2 aromatic rings. The Balaban J connectivity index is 2.25. The maximum atomic E-state index is 5.54. The van der Waals surface area contributed by atoms with Crippen LogP contribution in [0.25, 0.3) is 0 Å². The Bertz CT molecular complexity index is 476. The minimum Gasteiger partial charge on any atom is -0.389 e. The van der Waals surface area contributed by atoms with Gasteiger partial charge in [-0.2, -0.15) is 0 Å². The monoisotopic (exact) mass is 249 g/mol. The van der Waals surface area contributed by atoms with Gasteiger partial charge >= 0.3 is 0 Å². The number of rotatable bonds is 3. The van der Waals surface area contributed by atoms with Gasteiger partial charge in [0.05, 0.1) is 0 Å². The van der Waals surface area contributed by atoms with Crippen LogP contribution < -0.4 is 10.6 Å². The van der Waals surface area contributed by atoms with E-state index in [-0.39, 0.29) is 0 Å². The largest absolute Gasteiger partial charge is 0.389 e. The van der Waals surface area contributed by atoms with Gasteiger partial charge in [0.15, 0.2) is 5.13 Å². The first kappa shape index (κ1) is 11.0. The molecule has 2 rings (SSSR count). The highest BCUT2D eigenvalue weighted by Crippen LogP contribution is 2.25. The van der Waals surface area contributed by atoms with Crippen molar-refractivity contribution >= 4 is 39.4 Å². The molecule has 1 aromatic heterocycles. The number of anilines is 2. The van der Waals surface area contributed by atoms with Crippen molar-refractivity contribution in [1.29, 1.82) is 0 Å².